The lowest BCUT2D eigenvalue weighted by Crippen LogP contribution is -2.20. The van der Waals surface area contributed by atoms with Gasteiger partial charge in [0, 0.05) is 6.42 Å². The van der Waals surface area contributed by atoms with Crippen LogP contribution in [0.4, 0.5) is 5.13 Å². The fourth-order valence-electron chi connectivity index (χ4n) is 2.38. The van der Waals surface area contributed by atoms with Crippen LogP contribution in [0.15, 0.2) is 36.2 Å². The van der Waals surface area contributed by atoms with Gasteiger partial charge in [0.2, 0.25) is 15.9 Å². The van der Waals surface area contributed by atoms with Gasteiger partial charge >= 0.3 is 5.97 Å². The third-order valence-electron chi connectivity index (χ3n) is 3.67. The number of thiazole rings is 1. The Bertz CT molecular complexity index is 939. The molecule has 152 valence electrons. The molecule has 0 spiro atoms. The zero-order chi connectivity index (χ0) is 20.7. The van der Waals surface area contributed by atoms with Gasteiger partial charge in [-0.25, -0.2) is 8.42 Å². The zero-order valence-corrected chi connectivity index (χ0v) is 17.4. The number of hydrogen-bond donors (Lipinski definition) is 1. The van der Waals surface area contributed by atoms with Gasteiger partial charge in [-0.05, 0) is 24.1 Å². The van der Waals surface area contributed by atoms with Crippen molar-refractivity contribution in [3.63, 3.8) is 0 Å². The molecule has 8 nitrogen and oxygen atoms in total. The summed E-state index contributed by atoms with van der Waals surface area (Å²) in [6.45, 7) is 5.48. The molecule has 1 aromatic heterocycles. The predicted molar refractivity (Wildman–Crippen MR) is 108 cm³/mol. The number of nitrogens with zero attached hydrogens (tertiary/aromatic N) is 1. The molecular weight excluding hydrogens is 404 g/mol. The number of carbonyl (C=O) groups excluding carboxylic acids is 1. The SMILES string of the molecule is C=CC(c1ccc(OC)c(OC)c1)S(=O)(=O)Nc1nc(OC(=O)CCC)cs1. The highest BCUT2D eigenvalue weighted by molar-refractivity contribution is 7.93. The van der Waals surface area contributed by atoms with Crippen LogP contribution in [0.1, 0.15) is 30.6 Å². The van der Waals surface area contributed by atoms with Gasteiger partial charge in [-0.15, -0.1) is 17.9 Å². The van der Waals surface area contributed by atoms with Crippen LogP contribution in [-0.2, 0) is 14.8 Å². The van der Waals surface area contributed by atoms with E-state index in [0.717, 1.165) is 11.3 Å². The highest BCUT2D eigenvalue weighted by Gasteiger charge is 2.27. The largest absolute Gasteiger partial charge is 0.493 e. The van der Waals surface area contributed by atoms with Crippen LogP contribution in [0.2, 0.25) is 0 Å². The van der Waals surface area contributed by atoms with Gasteiger partial charge in [0.15, 0.2) is 16.6 Å². The summed E-state index contributed by atoms with van der Waals surface area (Å²) < 4.78 is 43.5. The summed E-state index contributed by atoms with van der Waals surface area (Å²) >= 11 is 1.02. The maximum atomic E-state index is 12.8. The molecule has 1 N–H and O–H groups in total. The standard InChI is InChI=1S/C18H22N2O6S2/c1-5-7-17(21)26-16-11-27-18(19-16)20-28(22,23)15(6-2)12-8-9-13(24-3)14(10-12)25-4/h6,8-11,15H,2,5,7H2,1,3-4H3,(H,19,20). The summed E-state index contributed by atoms with van der Waals surface area (Å²) in [7, 11) is -0.945. The number of hydrogen-bond acceptors (Lipinski definition) is 8. The Balaban J connectivity index is 2.22. The van der Waals surface area contributed by atoms with E-state index in [1.807, 2.05) is 6.92 Å². The number of aromatic nitrogens is 1. The molecule has 0 aliphatic carbocycles. The van der Waals surface area contributed by atoms with E-state index in [1.54, 1.807) is 18.2 Å². The van der Waals surface area contributed by atoms with Gasteiger partial charge in [0.1, 0.15) is 5.25 Å². The van der Waals surface area contributed by atoms with E-state index in [4.69, 9.17) is 14.2 Å². The minimum atomic E-state index is -3.91. The maximum absolute atomic E-state index is 12.8. The number of sulfonamides is 1. The van der Waals surface area contributed by atoms with E-state index in [9.17, 15) is 13.2 Å². The Kier molecular flexibility index (Phi) is 7.41. The molecule has 0 aliphatic rings. The number of anilines is 1. The van der Waals surface area contributed by atoms with Gasteiger partial charge in [-0.2, -0.15) is 4.98 Å². The third kappa shape index (κ3) is 5.23. The highest BCUT2D eigenvalue weighted by atomic mass is 32.2. The normalized spacial score (nSPS) is 12.1. The number of esters is 1. The summed E-state index contributed by atoms with van der Waals surface area (Å²) in [5, 5.41) is 0.499. The van der Waals surface area contributed by atoms with Gasteiger partial charge in [-0.1, -0.05) is 19.1 Å². The van der Waals surface area contributed by atoms with Crippen molar-refractivity contribution in [1.29, 1.82) is 0 Å². The van der Waals surface area contributed by atoms with E-state index in [1.165, 1.54) is 25.7 Å². The third-order valence-corrected chi connectivity index (χ3v) is 6.15. The summed E-state index contributed by atoms with van der Waals surface area (Å²) in [4.78, 5) is 15.5. The number of nitrogens with one attached hydrogen (secondary N) is 1. The molecule has 0 amide bonds. The quantitative estimate of drug-likeness (QED) is 0.458. The Morgan fingerprint density at radius 3 is 2.64 bits per heavy atom. The highest BCUT2D eigenvalue weighted by Crippen LogP contribution is 2.34. The topological polar surface area (TPSA) is 104 Å². The predicted octanol–water partition coefficient (Wildman–Crippen LogP) is 3.53. The van der Waals surface area contributed by atoms with Gasteiger partial charge in [0.05, 0.1) is 19.6 Å². The van der Waals surface area contributed by atoms with Crippen molar-refractivity contribution in [2.45, 2.75) is 25.0 Å². The van der Waals surface area contributed by atoms with E-state index in [-0.39, 0.29) is 17.4 Å². The van der Waals surface area contributed by atoms with Gasteiger partial charge in [0.25, 0.3) is 0 Å². The fraction of sp³-hybridized carbons (Fsp3) is 0.333. The minimum absolute atomic E-state index is 0.0578. The van der Waals surface area contributed by atoms with Gasteiger partial charge in [-0.3, -0.25) is 9.52 Å². The first-order valence-electron chi connectivity index (χ1n) is 8.36. The Hall–Kier alpha value is -2.59. The first-order valence-corrected chi connectivity index (χ1v) is 10.8. The summed E-state index contributed by atoms with van der Waals surface area (Å²) in [6, 6.07) is 4.81. The van der Waals surface area contributed by atoms with Crippen molar-refractivity contribution in [1.82, 2.24) is 4.98 Å². The number of ether oxygens (including phenoxy) is 3. The average Bonchev–Trinajstić information content (AvgIpc) is 3.07. The van der Waals surface area contributed by atoms with Crippen molar-refractivity contribution in [3.05, 3.63) is 41.8 Å². The van der Waals surface area contributed by atoms with Gasteiger partial charge < -0.3 is 14.2 Å². The monoisotopic (exact) mass is 426 g/mol. The second-order valence-corrected chi connectivity index (χ2v) is 8.29. The van der Waals surface area contributed by atoms with Crippen molar-refractivity contribution in [2.75, 3.05) is 18.9 Å². The van der Waals surface area contributed by atoms with Crippen LogP contribution in [0.25, 0.3) is 0 Å². The van der Waals surface area contributed by atoms with Crippen LogP contribution in [0, 0.1) is 0 Å². The van der Waals surface area contributed by atoms with E-state index < -0.39 is 21.2 Å². The second-order valence-electron chi connectivity index (χ2n) is 5.63. The molecule has 2 aromatic rings. The van der Waals surface area contributed by atoms with Crippen LogP contribution in [0.5, 0.6) is 17.4 Å². The van der Waals surface area contributed by atoms with Crippen LogP contribution < -0.4 is 18.9 Å². The molecule has 0 fully saturated rings. The molecule has 0 bridgehead atoms. The Labute approximate surface area is 168 Å². The first kappa shape index (κ1) is 21.7. The molecule has 0 saturated carbocycles. The number of methoxy groups -OCH3 is 2. The zero-order valence-electron chi connectivity index (χ0n) is 15.8. The molecular formula is C18H22N2O6S2. The lowest BCUT2D eigenvalue weighted by atomic mass is 10.1. The molecule has 10 heteroatoms. The molecule has 1 unspecified atom stereocenters. The second kappa shape index (κ2) is 9.56. The van der Waals surface area contributed by atoms with E-state index in [2.05, 4.69) is 16.3 Å². The van der Waals surface area contributed by atoms with Crippen molar-refractivity contribution < 1.29 is 27.4 Å². The molecule has 0 aliphatic heterocycles. The summed E-state index contributed by atoms with van der Waals surface area (Å²) in [6.07, 6.45) is 2.21. The summed E-state index contributed by atoms with van der Waals surface area (Å²) in [5.74, 6) is 0.526. The Morgan fingerprint density at radius 1 is 1.32 bits per heavy atom. The average molecular weight is 427 g/mol. The molecule has 1 aromatic carbocycles. The van der Waals surface area contributed by atoms with E-state index >= 15 is 0 Å². The molecule has 2 rings (SSSR count). The van der Waals surface area contributed by atoms with Crippen LogP contribution in [0.3, 0.4) is 0 Å². The number of benzene rings is 1. The van der Waals surface area contributed by atoms with Crippen molar-refractivity contribution in [2.24, 2.45) is 0 Å². The van der Waals surface area contributed by atoms with E-state index in [0.29, 0.717) is 23.5 Å². The molecule has 0 saturated heterocycles. The molecule has 1 atom stereocenters. The van der Waals surface area contributed by atoms with Crippen molar-refractivity contribution >= 4 is 32.5 Å². The maximum Gasteiger partial charge on any atom is 0.312 e. The first-order chi connectivity index (χ1) is 13.3. The number of carbonyl (C=O) groups is 1. The molecule has 0 radical (unpaired) electrons. The lowest BCUT2D eigenvalue weighted by Gasteiger charge is -2.16. The Morgan fingerprint density at radius 2 is 2.04 bits per heavy atom. The smallest absolute Gasteiger partial charge is 0.312 e. The van der Waals surface area contributed by atoms with Crippen molar-refractivity contribution in [3.8, 4) is 17.4 Å². The van der Waals surface area contributed by atoms with Crippen LogP contribution in [-0.4, -0.2) is 33.6 Å². The van der Waals surface area contributed by atoms with Crippen LogP contribution >= 0.6 is 11.3 Å². The molecule has 1 heterocycles. The molecule has 28 heavy (non-hydrogen) atoms. The fourth-order valence-corrected chi connectivity index (χ4v) is 4.55. The minimum Gasteiger partial charge on any atom is -0.493 e. The number of rotatable bonds is 10. The summed E-state index contributed by atoms with van der Waals surface area (Å²) in [5.41, 5.74) is 0.450. The lowest BCUT2D eigenvalue weighted by molar-refractivity contribution is -0.134.